The fourth-order valence-corrected chi connectivity index (χ4v) is 2.99. The van der Waals surface area contributed by atoms with E-state index in [4.69, 9.17) is 4.98 Å². The topological polar surface area (TPSA) is 58.1 Å². The molecule has 5 nitrogen and oxygen atoms in total. The van der Waals surface area contributed by atoms with E-state index < -0.39 is 0 Å². The number of carbonyl (C=O) groups excluding carboxylic acids is 1. The third-order valence-corrected chi connectivity index (χ3v) is 4.39. The van der Waals surface area contributed by atoms with Crippen LogP contribution in [0.5, 0.6) is 0 Å². The highest BCUT2D eigenvalue weighted by atomic mass is 16.2. The summed E-state index contributed by atoms with van der Waals surface area (Å²) >= 11 is 0. The Hall–Kier alpha value is -3.21. The summed E-state index contributed by atoms with van der Waals surface area (Å²) in [5.41, 5.74) is 2.10. The van der Waals surface area contributed by atoms with E-state index in [1.165, 1.54) is 5.56 Å². The van der Waals surface area contributed by atoms with Crippen molar-refractivity contribution in [3.63, 3.8) is 0 Å². The summed E-state index contributed by atoms with van der Waals surface area (Å²) in [6.07, 6.45) is 0. The molecule has 1 heterocycles. The number of nitrogens with one attached hydrogen (secondary N) is 1. The van der Waals surface area contributed by atoms with Gasteiger partial charge in [-0.15, -0.1) is 0 Å². The zero-order chi connectivity index (χ0) is 20.9. The normalized spacial score (nSPS) is 11.2. The van der Waals surface area contributed by atoms with E-state index in [0.717, 1.165) is 17.9 Å². The molecule has 1 amide bonds. The summed E-state index contributed by atoms with van der Waals surface area (Å²) in [5, 5.41) is 3.00. The molecule has 150 valence electrons. The van der Waals surface area contributed by atoms with Crippen molar-refractivity contribution < 1.29 is 4.79 Å². The minimum Gasteiger partial charge on any atom is -0.352 e. The lowest BCUT2D eigenvalue weighted by Gasteiger charge is -2.24. The van der Waals surface area contributed by atoms with E-state index in [1.807, 2.05) is 69.3 Å². The second-order valence-corrected chi connectivity index (χ2v) is 8.00. The molecule has 0 fully saturated rings. The Labute approximate surface area is 172 Å². The van der Waals surface area contributed by atoms with Gasteiger partial charge in [-0.1, -0.05) is 60.7 Å². The molecular weight excluding hydrogens is 360 g/mol. The molecule has 3 rings (SSSR count). The van der Waals surface area contributed by atoms with Crippen molar-refractivity contribution in [1.82, 2.24) is 15.3 Å². The summed E-state index contributed by atoms with van der Waals surface area (Å²) in [4.78, 5) is 24.3. The van der Waals surface area contributed by atoms with Crippen LogP contribution in [0.1, 0.15) is 43.7 Å². The van der Waals surface area contributed by atoms with Crippen LogP contribution in [0.4, 0.5) is 5.82 Å². The second-order valence-electron chi connectivity index (χ2n) is 8.00. The summed E-state index contributed by atoms with van der Waals surface area (Å²) in [6.45, 7) is 9.43. The first kappa shape index (κ1) is 20.5. The molecule has 29 heavy (non-hydrogen) atoms. The maximum atomic E-state index is 12.8. The zero-order valence-electron chi connectivity index (χ0n) is 17.5. The SMILES string of the molecule is CCN(Cc1ccccc1)c1cc(C(=O)NC(C)(C)C)nc(-c2ccccc2)n1. The van der Waals surface area contributed by atoms with Gasteiger partial charge in [0.1, 0.15) is 11.5 Å². The minimum absolute atomic E-state index is 0.200. The fourth-order valence-electron chi connectivity index (χ4n) is 2.99. The zero-order valence-corrected chi connectivity index (χ0v) is 17.5. The molecule has 0 atom stereocenters. The number of hydrogen-bond acceptors (Lipinski definition) is 4. The lowest BCUT2D eigenvalue weighted by molar-refractivity contribution is 0.0914. The van der Waals surface area contributed by atoms with Crippen LogP contribution in [0.2, 0.25) is 0 Å². The Bertz CT molecular complexity index is 950. The van der Waals surface area contributed by atoms with Gasteiger partial charge in [-0.2, -0.15) is 0 Å². The molecule has 0 aliphatic heterocycles. The van der Waals surface area contributed by atoms with Crippen LogP contribution in [0.25, 0.3) is 11.4 Å². The summed E-state index contributed by atoms with van der Waals surface area (Å²) < 4.78 is 0. The van der Waals surface area contributed by atoms with Gasteiger partial charge in [0.2, 0.25) is 0 Å². The highest BCUT2D eigenvalue weighted by molar-refractivity contribution is 5.94. The van der Waals surface area contributed by atoms with Gasteiger partial charge < -0.3 is 10.2 Å². The van der Waals surface area contributed by atoms with Gasteiger partial charge in [-0.3, -0.25) is 4.79 Å². The Morgan fingerprint density at radius 2 is 1.59 bits per heavy atom. The van der Waals surface area contributed by atoms with E-state index in [-0.39, 0.29) is 11.4 Å². The first-order valence-electron chi connectivity index (χ1n) is 9.91. The molecule has 2 aromatic carbocycles. The third-order valence-electron chi connectivity index (χ3n) is 4.39. The van der Waals surface area contributed by atoms with E-state index in [2.05, 4.69) is 34.3 Å². The fraction of sp³-hybridized carbons (Fsp3) is 0.292. The van der Waals surface area contributed by atoms with E-state index in [9.17, 15) is 4.79 Å². The number of aromatic nitrogens is 2. The molecule has 0 unspecified atom stereocenters. The van der Waals surface area contributed by atoms with Crippen molar-refractivity contribution in [3.8, 4) is 11.4 Å². The van der Waals surface area contributed by atoms with Crippen LogP contribution in [0.15, 0.2) is 66.7 Å². The molecule has 1 N–H and O–H groups in total. The monoisotopic (exact) mass is 388 g/mol. The van der Waals surface area contributed by atoms with E-state index >= 15 is 0 Å². The van der Waals surface area contributed by atoms with Crippen LogP contribution >= 0.6 is 0 Å². The molecule has 5 heteroatoms. The van der Waals surface area contributed by atoms with Gasteiger partial charge in [0.05, 0.1) is 0 Å². The van der Waals surface area contributed by atoms with Gasteiger partial charge >= 0.3 is 0 Å². The maximum Gasteiger partial charge on any atom is 0.270 e. The molecule has 0 radical (unpaired) electrons. The average molecular weight is 389 g/mol. The highest BCUT2D eigenvalue weighted by Crippen LogP contribution is 2.22. The van der Waals surface area contributed by atoms with Crippen LogP contribution in [0.3, 0.4) is 0 Å². The quantitative estimate of drug-likeness (QED) is 0.665. The van der Waals surface area contributed by atoms with Crippen molar-refractivity contribution in [1.29, 1.82) is 0 Å². The van der Waals surface area contributed by atoms with Crippen LogP contribution in [-0.4, -0.2) is 28.0 Å². The number of carbonyl (C=O) groups is 1. The first-order valence-corrected chi connectivity index (χ1v) is 9.91. The number of nitrogens with zero attached hydrogens (tertiary/aromatic N) is 3. The molecule has 3 aromatic rings. The molecule has 0 saturated heterocycles. The van der Waals surface area contributed by atoms with Crippen LogP contribution < -0.4 is 10.2 Å². The third kappa shape index (κ3) is 5.64. The molecule has 1 aromatic heterocycles. The Balaban J connectivity index is 2.02. The van der Waals surface area contributed by atoms with Gasteiger partial charge in [0, 0.05) is 30.3 Å². The van der Waals surface area contributed by atoms with Crippen molar-refractivity contribution in [2.45, 2.75) is 39.8 Å². The second kappa shape index (κ2) is 8.86. The molecule has 0 saturated carbocycles. The molecule has 0 aliphatic rings. The molecular formula is C24H28N4O. The summed E-state index contributed by atoms with van der Waals surface area (Å²) in [6, 6.07) is 21.8. The lowest BCUT2D eigenvalue weighted by atomic mass is 10.1. The molecule has 0 aliphatic carbocycles. The number of anilines is 1. The Kier molecular flexibility index (Phi) is 6.27. The molecule has 0 spiro atoms. The Morgan fingerprint density at radius 1 is 0.966 bits per heavy atom. The van der Waals surface area contributed by atoms with Crippen molar-refractivity contribution in [2.75, 3.05) is 11.4 Å². The summed E-state index contributed by atoms with van der Waals surface area (Å²) in [7, 11) is 0. The number of rotatable bonds is 6. The average Bonchev–Trinajstić information content (AvgIpc) is 2.72. The van der Waals surface area contributed by atoms with Gasteiger partial charge in [0.25, 0.3) is 5.91 Å². The van der Waals surface area contributed by atoms with Crippen LogP contribution in [0, 0.1) is 0 Å². The first-order chi connectivity index (χ1) is 13.9. The molecule has 0 bridgehead atoms. The van der Waals surface area contributed by atoms with E-state index in [1.54, 1.807) is 6.07 Å². The highest BCUT2D eigenvalue weighted by Gasteiger charge is 2.20. The van der Waals surface area contributed by atoms with Gasteiger partial charge in [0.15, 0.2) is 5.82 Å². The van der Waals surface area contributed by atoms with Gasteiger partial charge in [-0.05, 0) is 33.3 Å². The summed E-state index contributed by atoms with van der Waals surface area (Å²) in [5.74, 6) is 1.09. The maximum absolute atomic E-state index is 12.8. The van der Waals surface area contributed by atoms with E-state index in [0.29, 0.717) is 18.1 Å². The van der Waals surface area contributed by atoms with Crippen molar-refractivity contribution >= 4 is 11.7 Å². The largest absolute Gasteiger partial charge is 0.352 e. The van der Waals surface area contributed by atoms with Crippen molar-refractivity contribution in [2.24, 2.45) is 0 Å². The number of amides is 1. The Morgan fingerprint density at radius 3 is 2.17 bits per heavy atom. The number of hydrogen-bond donors (Lipinski definition) is 1. The standard InChI is InChI=1S/C24H28N4O/c1-5-28(17-18-12-8-6-9-13-18)21-16-20(23(29)27-24(2,3)4)25-22(26-21)19-14-10-7-11-15-19/h6-16H,5,17H2,1-4H3,(H,27,29). The predicted octanol–water partition coefficient (Wildman–Crippen LogP) is 4.70. The lowest BCUT2D eigenvalue weighted by Crippen LogP contribution is -2.41. The predicted molar refractivity (Wildman–Crippen MR) is 118 cm³/mol. The smallest absolute Gasteiger partial charge is 0.270 e. The van der Waals surface area contributed by atoms with Gasteiger partial charge in [-0.25, -0.2) is 9.97 Å². The minimum atomic E-state index is -0.344. The van der Waals surface area contributed by atoms with Crippen molar-refractivity contribution in [3.05, 3.63) is 78.0 Å². The van der Waals surface area contributed by atoms with Crippen LogP contribution in [-0.2, 0) is 6.54 Å². The number of benzene rings is 2.